The van der Waals surface area contributed by atoms with Crippen molar-refractivity contribution < 1.29 is 14.6 Å². The summed E-state index contributed by atoms with van der Waals surface area (Å²) in [7, 11) is 0. The van der Waals surface area contributed by atoms with Gasteiger partial charge < -0.3 is 9.84 Å². The van der Waals surface area contributed by atoms with E-state index in [0.717, 1.165) is 13.0 Å². The molecule has 1 fully saturated rings. The van der Waals surface area contributed by atoms with Crippen LogP contribution in [0.15, 0.2) is 0 Å². The van der Waals surface area contributed by atoms with Crippen molar-refractivity contribution in [3.05, 3.63) is 0 Å². The number of hydrogen-bond acceptors (Lipinski definition) is 4. The average Bonchev–Trinajstić information content (AvgIpc) is 2.30. The van der Waals surface area contributed by atoms with E-state index in [1.54, 1.807) is 4.90 Å². The van der Waals surface area contributed by atoms with Crippen LogP contribution in [-0.2, 0) is 9.53 Å². The van der Waals surface area contributed by atoms with Crippen molar-refractivity contribution >= 4 is 5.78 Å². The first-order chi connectivity index (χ1) is 6.24. The molecule has 0 amide bonds. The molecule has 0 spiro atoms. The Labute approximate surface area is 78.5 Å². The molecular formula is C9H17NO3. The molecule has 0 aliphatic carbocycles. The number of hydrogen-bond donors (Lipinski definition) is 1. The second kappa shape index (κ2) is 5.32. The SMILES string of the molecule is CCOC(O)N1CCCC(=O)CC1. The van der Waals surface area contributed by atoms with Gasteiger partial charge in [0.15, 0.2) is 0 Å². The van der Waals surface area contributed by atoms with Gasteiger partial charge >= 0.3 is 0 Å². The molecule has 0 aromatic carbocycles. The van der Waals surface area contributed by atoms with E-state index in [-0.39, 0.29) is 5.78 Å². The largest absolute Gasteiger partial charge is 0.356 e. The zero-order chi connectivity index (χ0) is 9.68. The lowest BCUT2D eigenvalue weighted by Crippen LogP contribution is -2.38. The van der Waals surface area contributed by atoms with Crippen LogP contribution in [-0.4, -0.2) is 41.9 Å². The third-order valence-electron chi connectivity index (χ3n) is 2.21. The third kappa shape index (κ3) is 3.42. The Balaban J connectivity index is 2.36. The van der Waals surface area contributed by atoms with Crippen LogP contribution >= 0.6 is 0 Å². The fourth-order valence-corrected chi connectivity index (χ4v) is 1.46. The van der Waals surface area contributed by atoms with E-state index in [9.17, 15) is 9.90 Å². The maximum atomic E-state index is 11.1. The molecule has 4 nitrogen and oxygen atoms in total. The van der Waals surface area contributed by atoms with Gasteiger partial charge in [-0.3, -0.25) is 9.69 Å². The van der Waals surface area contributed by atoms with Gasteiger partial charge in [0.2, 0.25) is 6.41 Å². The van der Waals surface area contributed by atoms with Gasteiger partial charge in [0.1, 0.15) is 5.78 Å². The first kappa shape index (κ1) is 10.6. The topological polar surface area (TPSA) is 49.8 Å². The minimum atomic E-state index is -0.837. The van der Waals surface area contributed by atoms with E-state index in [4.69, 9.17) is 4.74 Å². The number of carbonyl (C=O) groups excluding carboxylic acids is 1. The summed E-state index contributed by atoms with van der Waals surface area (Å²) in [6.07, 6.45) is 1.15. The second-order valence-electron chi connectivity index (χ2n) is 3.21. The van der Waals surface area contributed by atoms with E-state index in [0.29, 0.717) is 26.0 Å². The molecule has 1 heterocycles. The molecule has 1 rings (SSSR count). The number of Topliss-reactive ketones (excluding diaryl/α,β-unsaturated/α-hetero) is 1. The molecular weight excluding hydrogens is 170 g/mol. The predicted octanol–water partition coefficient (Wildman–Crippen LogP) is 0.354. The normalized spacial score (nSPS) is 22.8. The molecule has 1 atom stereocenters. The van der Waals surface area contributed by atoms with E-state index in [1.807, 2.05) is 6.92 Å². The van der Waals surface area contributed by atoms with Crippen LogP contribution in [0.2, 0.25) is 0 Å². The zero-order valence-electron chi connectivity index (χ0n) is 8.03. The highest BCUT2D eigenvalue weighted by molar-refractivity contribution is 5.78. The fraction of sp³-hybridized carbons (Fsp3) is 0.889. The lowest BCUT2D eigenvalue weighted by molar-refractivity contribution is -0.189. The number of likely N-dealkylation sites (tertiary alicyclic amines) is 1. The molecule has 1 aliphatic rings. The van der Waals surface area contributed by atoms with Gasteiger partial charge in [0.25, 0.3) is 0 Å². The summed E-state index contributed by atoms with van der Waals surface area (Å²) in [6, 6.07) is 0. The summed E-state index contributed by atoms with van der Waals surface area (Å²) >= 11 is 0. The van der Waals surface area contributed by atoms with E-state index < -0.39 is 6.41 Å². The Hall–Kier alpha value is -0.450. The first-order valence-electron chi connectivity index (χ1n) is 4.79. The van der Waals surface area contributed by atoms with Crippen molar-refractivity contribution in [2.45, 2.75) is 32.6 Å². The lowest BCUT2D eigenvalue weighted by Gasteiger charge is -2.24. The molecule has 1 N–H and O–H groups in total. The van der Waals surface area contributed by atoms with Crippen LogP contribution in [0.3, 0.4) is 0 Å². The number of rotatable bonds is 3. The zero-order valence-corrected chi connectivity index (χ0v) is 8.03. The standard InChI is InChI=1S/C9H17NO3/c1-2-13-9(12)10-6-3-4-8(11)5-7-10/h9,12H,2-7H2,1H3. The van der Waals surface area contributed by atoms with Crippen LogP contribution < -0.4 is 0 Å². The summed E-state index contributed by atoms with van der Waals surface area (Å²) in [5.74, 6) is 0.284. The summed E-state index contributed by atoms with van der Waals surface area (Å²) in [5.41, 5.74) is 0. The molecule has 13 heavy (non-hydrogen) atoms. The van der Waals surface area contributed by atoms with Gasteiger partial charge in [0.05, 0.1) is 0 Å². The maximum absolute atomic E-state index is 11.1. The second-order valence-corrected chi connectivity index (χ2v) is 3.21. The number of nitrogens with zero attached hydrogens (tertiary/aromatic N) is 1. The van der Waals surface area contributed by atoms with E-state index >= 15 is 0 Å². The Morgan fingerprint density at radius 2 is 2.31 bits per heavy atom. The molecule has 1 unspecified atom stereocenters. The molecule has 0 aromatic rings. The van der Waals surface area contributed by atoms with Crippen molar-refractivity contribution in [2.24, 2.45) is 0 Å². The maximum Gasteiger partial charge on any atom is 0.216 e. The fourth-order valence-electron chi connectivity index (χ4n) is 1.46. The molecule has 1 aliphatic heterocycles. The molecule has 1 saturated heterocycles. The first-order valence-corrected chi connectivity index (χ1v) is 4.79. The number of aliphatic hydroxyl groups excluding tert-OH is 1. The van der Waals surface area contributed by atoms with Gasteiger partial charge in [-0.05, 0) is 13.3 Å². The van der Waals surface area contributed by atoms with Crippen LogP contribution in [0.1, 0.15) is 26.2 Å². The minimum Gasteiger partial charge on any atom is -0.356 e. The third-order valence-corrected chi connectivity index (χ3v) is 2.21. The summed E-state index contributed by atoms with van der Waals surface area (Å²) in [5, 5.41) is 9.48. The summed E-state index contributed by atoms with van der Waals surface area (Å²) in [6.45, 7) is 3.69. The van der Waals surface area contributed by atoms with Crippen LogP contribution in [0.25, 0.3) is 0 Å². The number of ether oxygens (including phenoxy) is 1. The smallest absolute Gasteiger partial charge is 0.216 e. The van der Waals surface area contributed by atoms with Gasteiger partial charge in [-0.15, -0.1) is 0 Å². The van der Waals surface area contributed by atoms with Crippen molar-refractivity contribution in [1.29, 1.82) is 0 Å². The molecule has 4 heteroatoms. The summed E-state index contributed by atoms with van der Waals surface area (Å²) in [4.78, 5) is 12.9. The van der Waals surface area contributed by atoms with Crippen LogP contribution in [0.4, 0.5) is 0 Å². The highest BCUT2D eigenvalue weighted by Gasteiger charge is 2.19. The number of carbonyl (C=O) groups is 1. The molecule has 0 saturated carbocycles. The van der Waals surface area contributed by atoms with Crippen LogP contribution in [0, 0.1) is 0 Å². The average molecular weight is 187 g/mol. The van der Waals surface area contributed by atoms with Gasteiger partial charge in [-0.2, -0.15) is 0 Å². The quantitative estimate of drug-likeness (QED) is 0.648. The Morgan fingerprint density at radius 1 is 1.54 bits per heavy atom. The Bertz CT molecular complexity index is 172. The molecule has 0 bridgehead atoms. The Morgan fingerprint density at radius 3 is 3.00 bits per heavy atom. The predicted molar refractivity (Wildman–Crippen MR) is 48.1 cm³/mol. The molecule has 76 valence electrons. The van der Waals surface area contributed by atoms with Crippen molar-refractivity contribution in [2.75, 3.05) is 19.7 Å². The van der Waals surface area contributed by atoms with Gasteiger partial charge in [0, 0.05) is 32.5 Å². The van der Waals surface area contributed by atoms with E-state index in [1.165, 1.54) is 0 Å². The van der Waals surface area contributed by atoms with Crippen molar-refractivity contribution in [3.63, 3.8) is 0 Å². The van der Waals surface area contributed by atoms with E-state index in [2.05, 4.69) is 0 Å². The highest BCUT2D eigenvalue weighted by Crippen LogP contribution is 2.09. The highest BCUT2D eigenvalue weighted by atomic mass is 16.6. The summed E-state index contributed by atoms with van der Waals surface area (Å²) < 4.78 is 5.04. The van der Waals surface area contributed by atoms with Crippen molar-refractivity contribution in [3.8, 4) is 0 Å². The van der Waals surface area contributed by atoms with Crippen molar-refractivity contribution in [1.82, 2.24) is 4.90 Å². The van der Waals surface area contributed by atoms with Crippen LogP contribution in [0.5, 0.6) is 0 Å². The van der Waals surface area contributed by atoms with Gasteiger partial charge in [-0.1, -0.05) is 0 Å². The van der Waals surface area contributed by atoms with Gasteiger partial charge in [-0.25, -0.2) is 0 Å². The monoisotopic (exact) mass is 187 g/mol. The number of aliphatic hydroxyl groups is 1. The minimum absolute atomic E-state index is 0.284. The lowest BCUT2D eigenvalue weighted by atomic mass is 10.2. The molecule has 0 radical (unpaired) electrons. The Kier molecular flexibility index (Phi) is 4.35. The number of ketones is 1. The molecule has 0 aromatic heterocycles.